The molecule has 1 heterocycles. The standard InChI is InChI=1S/C13H17O3.Cs/c1-10-6-13(15-8-10)16-9-11-4-3-5-12(7-11)14-2;/h3-5,7-8,10,13H,6,9H2,1-2H3;/q-1;+1/t10-,13?;/m1./s1. The van der Waals surface area contributed by atoms with Gasteiger partial charge in [0, 0.05) is 0 Å². The first-order valence-corrected chi connectivity index (χ1v) is 5.51. The van der Waals surface area contributed by atoms with Crippen LogP contribution in [0, 0.1) is 12.5 Å². The van der Waals surface area contributed by atoms with Gasteiger partial charge in [-0.05, 0) is 24.1 Å². The van der Waals surface area contributed by atoms with Gasteiger partial charge in [0.05, 0.1) is 13.7 Å². The van der Waals surface area contributed by atoms with Gasteiger partial charge in [-0.2, -0.15) is 0 Å². The molecule has 1 aromatic rings. The quantitative estimate of drug-likeness (QED) is 0.699. The van der Waals surface area contributed by atoms with E-state index in [0.29, 0.717) is 12.5 Å². The summed E-state index contributed by atoms with van der Waals surface area (Å²) in [4.78, 5) is 0. The maximum Gasteiger partial charge on any atom is 1.00 e. The number of benzene rings is 1. The van der Waals surface area contributed by atoms with Crippen molar-refractivity contribution in [3.63, 3.8) is 0 Å². The van der Waals surface area contributed by atoms with Gasteiger partial charge >= 0.3 is 68.9 Å². The number of rotatable bonds is 4. The number of methoxy groups -OCH3 is 1. The van der Waals surface area contributed by atoms with Crippen LogP contribution in [0.25, 0.3) is 0 Å². The van der Waals surface area contributed by atoms with Crippen LogP contribution in [-0.2, 0) is 16.1 Å². The minimum Gasteiger partial charge on any atom is -0.529 e. The minimum atomic E-state index is -0.0961. The molecule has 88 valence electrons. The summed E-state index contributed by atoms with van der Waals surface area (Å²) < 4.78 is 16.2. The summed E-state index contributed by atoms with van der Waals surface area (Å²) in [5, 5.41) is 0. The fraction of sp³-hybridized carbons (Fsp3) is 0.462. The van der Waals surface area contributed by atoms with Crippen LogP contribution in [0.1, 0.15) is 18.9 Å². The predicted octanol–water partition coefficient (Wildman–Crippen LogP) is -0.240. The average molecular weight is 354 g/mol. The van der Waals surface area contributed by atoms with Gasteiger partial charge in [-0.3, -0.25) is 0 Å². The van der Waals surface area contributed by atoms with Crippen LogP contribution in [0.2, 0.25) is 0 Å². The van der Waals surface area contributed by atoms with Gasteiger partial charge in [-0.1, -0.05) is 19.1 Å². The van der Waals surface area contributed by atoms with Crippen molar-refractivity contribution in [2.75, 3.05) is 7.11 Å². The van der Waals surface area contributed by atoms with E-state index in [4.69, 9.17) is 14.2 Å². The van der Waals surface area contributed by atoms with E-state index in [2.05, 4.69) is 6.92 Å². The molecule has 1 unspecified atom stereocenters. The summed E-state index contributed by atoms with van der Waals surface area (Å²) in [6, 6.07) is 7.87. The van der Waals surface area contributed by atoms with E-state index in [9.17, 15) is 0 Å². The van der Waals surface area contributed by atoms with Gasteiger partial charge < -0.3 is 14.2 Å². The van der Waals surface area contributed by atoms with E-state index in [1.165, 1.54) is 0 Å². The molecule has 1 fully saturated rings. The second-order valence-electron chi connectivity index (χ2n) is 4.08. The Morgan fingerprint density at radius 1 is 1.47 bits per heavy atom. The maximum atomic E-state index is 5.65. The van der Waals surface area contributed by atoms with Crippen molar-refractivity contribution in [2.24, 2.45) is 5.92 Å². The molecule has 0 aliphatic carbocycles. The van der Waals surface area contributed by atoms with Gasteiger partial charge in [0.2, 0.25) is 0 Å². The summed E-state index contributed by atoms with van der Waals surface area (Å²) in [6.07, 6.45) is 0.838. The molecule has 0 N–H and O–H groups in total. The summed E-state index contributed by atoms with van der Waals surface area (Å²) in [5.74, 6) is 1.34. The zero-order valence-corrected chi connectivity index (χ0v) is 17.0. The Kier molecular flexibility index (Phi) is 7.76. The Hall–Kier alpha value is 0.992. The smallest absolute Gasteiger partial charge is 0.529 e. The van der Waals surface area contributed by atoms with Gasteiger partial charge in [0.25, 0.3) is 0 Å². The van der Waals surface area contributed by atoms with Crippen LogP contribution in [-0.4, -0.2) is 13.4 Å². The van der Waals surface area contributed by atoms with Gasteiger partial charge in [-0.15, -0.1) is 5.92 Å². The zero-order chi connectivity index (χ0) is 11.4. The average Bonchev–Trinajstić information content (AvgIpc) is 2.73. The number of hydrogen-bond donors (Lipinski definition) is 0. The Labute approximate surface area is 162 Å². The van der Waals surface area contributed by atoms with E-state index in [1.807, 2.05) is 30.9 Å². The molecule has 1 aliphatic rings. The van der Waals surface area contributed by atoms with Crippen molar-refractivity contribution >= 4 is 0 Å². The molecule has 0 spiro atoms. The molecule has 0 aromatic heterocycles. The second-order valence-corrected chi connectivity index (χ2v) is 4.08. The Bertz CT molecular complexity index is 343. The van der Waals surface area contributed by atoms with E-state index >= 15 is 0 Å². The molecule has 2 rings (SSSR count). The van der Waals surface area contributed by atoms with E-state index in [-0.39, 0.29) is 75.2 Å². The van der Waals surface area contributed by atoms with Crippen molar-refractivity contribution in [1.29, 1.82) is 0 Å². The molecular weight excluding hydrogens is 337 g/mol. The van der Waals surface area contributed by atoms with Crippen LogP contribution in [0.4, 0.5) is 0 Å². The van der Waals surface area contributed by atoms with Crippen LogP contribution in [0.15, 0.2) is 24.3 Å². The fourth-order valence-corrected chi connectivity index (χ4v) is 1.70. The Morgan fingerprint density at radius 2 is 2.29 bits per heavy atom. The van der Waals surface area contributed by atoms with Crippen molar-refractivity contribution in [3.05, 3.63) is 36.4 Å². The normalized spacial score (nSPS) is 23.2. The molecule has 1 aromatic carbocycles. The van der Waals surface area contributed by atoms with E-state index in [1.54, 1.807) is 7.11 Å². The molecule has 0 radical (unpaired) electrons. The third kappa shape index (κ3) is 5.24. The topological polar surface area (TPSA) is 27.7 Å². The molecule has 1 saturated heterocycles. The molecule has 17 heavy (non-hydrogen) atoms. The van der Waals surface area contributed by atoms with Gasteiger partial charge in [-0.25, -0.2) is 6.61 Å². The van der Waals surface area contributed by atoms with E-state index in [0.717, 1.165) is 17.7 Å². The van der Waals surface area contributed by atoms with Gasteiger partial charge in [0.1, 0.15) is 12.0 Å². The van der Waals surface area contributed by atoms with E-state index < -0.39 is 0 Å². The molecular formula is C13H17CsO3. The zero-order valence-electron chi connectivity index (χ0n) is 10.7. The van der Waals surface area contributed by atoms with Crippen LogP contribution in [0.3, 0.4) is 0 Å². The summed E-state index contributed by atoms with van der Waals surface area (Å²) >= 11 is 0. The molecule has 0 saturated carbocycles. The Balaban J connectivity index is 0.00000144. The van der Waals surface area contributed by atoms with Crippen molar-refractivity contribution < 1.29 is 83.1 Å². The Morgan fingerprint density at radius 3 is 2.94 bits per heavy atom. The predicted molar refractivity (Wildman–Crippen MR) is 60.7 cm³/mol. The monoisotopic (exact) mass is 354 g/mol. The number of ether oxygens (including phenoxy) is 3. The fourth-order valence-electron chi connectivity index (χ4n) is 1.70. The van der Waals surface area contributed by atoms with Crippen molar-refractivity contribution in [3.8, 4) is 5.75 Å². The molecule has 2 atom stereocenters. The summed E-state index contributed by atoms with van der Waals surface area (Å²) in [7, 11) is 1.66. The van der Waals surface area contributed by atoms with Gasteiger partial charge in [0.15, 0.2) is 0 Å². The van der Waals surface area contributed by atoms with Crippen LogP contribution in [0.5, 0.6) is 5.75 Å². The second kappa shape index (κ2) is 8.22. The molecule has 0 bridgehead atoms. The van der Waals surface area contributed by atoms with Crippen molar-refractivity contribution in [1.82, 2.24) is 0 Å². The largest absolute Gasteiger partial charge is 1.00 e. The first-order valence-electron chi connectivity index (χ1n) is 5.51. The maximum absolute atomic E-state index is 5.65. The van der Waals surface area contributed by atoms with Crippen molar-refractivity contribution in [2.45, 2.75) is 26.2 Å². The number of hydrogen-bond acceptors (Lipinski definition) is 3. The first-order chi connectivity index (χ1) is 7.78. The van der Waals surface area contributed by atoms with Crippen LogP contribution >= 0.6 is 0 Å². The summed E-state index contributed by atoms with van der Waals surface area (Å²) in [5.41, 5.74) is 1.10. The third-order valence-corrected chi connectivity index (χ3v) is 2.60. The SMILES string of the molecule is COc1cccc(COC2C[C@@H](C)[CH-]O2)c1.[Cs+]. The molecule has 4 heteroatoms. The van der Waals surface area contributed by atoms with Crippen LogP contribution < -0.4 is 73.6 Å². The third-order valence-electron chi connectivity index (χ3n) is 2.60. The molecule has 3 nitrogen and oxygen atoms in total. The summed E-state index contributed by atoms with van der Waals surface area (Å²) in [6.45, 7) is 4.52. The minimum absolute atomic E-state index is 0. The molecule has 1 aliphatic heterocycles. The first kappa shape index (κ1) is 16.0. The molecule has 0 amide bonds.